The van der Waals surface area contributed by atoms with E-state index < -0.39 is 0 Å². The molecule has 134 valence electrons. The Bertz CT molecular complexity index is 767. The van der Waals surface area contributed by atoms with Gasteiger partial charge in [-0.25, -0.2) is 0 Å². The largest absolute Gasteiger partial charge is 0.0654 e. The number of rotatable bonds is 8. The average Bonchev–Trinajstić information content (AvgIpc) is 2.70. The first kappa shape index (κ1) is 18.5. The molecule has 3 rings (SSSR count). The molecule has 0 amide bonds. The maximum absolute atomic E-state index is 2.31. The van der Waals surface area contributed by atoms with Gasteiger partial charge in [0.05, 0.1) is 0 Å². The molecule has 0 spiro atoms. The van der Waals surface area contributed by atoms with E-state index in [1.165, 1.54) is 53.5 Å². The highest BCUT2D eigenvalue weighted by atomic mass is 14.1. The lowest BCUT2D eigenvalue weighted by Gasteiger charge is -2.12. The summed E-state index contributed by atoms with van der Waals surface area (Å²) in [6.07, 6.45) is 6.19. The van der Waals surface area contributed by atoms with Gasteiger partial charge in [-0.05, 0) is 53.0 Å². The minimum absolute atomic E-state index is 0.546. The smallest absolute Gasteiger partial charge is 0.0150 e. The summed E-state index contributed by atoms with van der Waals surface area (Å²) >= 11 is 0. The standard InChI is InChI=1S/C26H30/c1-3-4-6-9-22-12-16-25(17-13-22)26-18-14-23(15-19-26)20-21(2)24-10-7-5-8-11-24/h5,7-8,10-19,21H,3-4,6,9,20H2,1-2H3. The van der Waals surface area contributed by atoms with Gasteiger partial charge in [-0.2, -0.15) is 0 Å². The van der Waals surface area contributed by atoms with Gasteiger partial charge in [0.25, 0.3) is 0 Å². The predicted octanol–water partition coefficient (Wildman–Crippen LogP) is 7.43. The summed E-state index contributed by atoms with van der Waals surface area (Å²) in [5, 5.41) is 0. The van der Waals surface area contributed by atoms with E-state index >= 15 is 0 Å². The molecule has 0 radical (unpaired) electrons. The normalized spacial score (nSPS) is 12.1. The topological polar surface area (TPSA) is 0 Å². The summed E-state index contributed by atoms with van der Waals surface area (Å²) in [6.45, 7) is 4.56. The zero-order chi connectivity index (χ0) is 18.2. The molecule has 0 bridgehead atoms. The molecule has 0 N–H and O–H groups in total. The van der Waals surface area contributed by atoms with E-state index in [9.17, 15) is 0 Å². The van der Waals surface area contributed by atoms with Crippen LogP contribution in [0.2, 0.25) is 0 Å². The molecule has 0 aliphatic carbocycles. The van der Waals surface area contributed by atoms with E-state index in [0.717, 1.165) is 6.42 Å². The second kappa shape index (κ2) is 9.38. The number of hydrogen-bond donors (Lipinski definition) is 0. The minimum Gasteiger partial charge on any atom is -0.0654 e. The van der Waals surface area contributed by atoms with Crippen LogP contribution in [0.5, 0.6) is 0 Å². The Morgan fingerprint density at radius 1 is 0.654 bits per heavy atom. The van der Waals surface area contributed by atoms with Gasteiger partial charge in [-0.1, -0.05) is 106 Å². The molecule has 0 heteroatoms. The van der Waals surface area contributed by atoms with Gasteiger partial charge < -0.3 is 0 Å². The van der Waals surface area contributed by atoms with Crippen LogP contribution in [0, 0.1) is 0 Å². The van der Waals surface area contributed by atoms with E-state index in [-0.39, 0.29) is 0 Å². The summed E-state index contributed by atoms with van der Waals surface area (Å²) in [4.78, 5) is 0. The molecular formula is C26H30. The minimum atomic E-state index is 0.546. The molecule has 0 heterocycles. The molecule has 3 aromatic carbocycles. The lowest BCUT2D eigenvalue weighted by atomic mass is 9.93. The van der Waals surface area contributed by atoms with Crippen molar-refractivity contribution in [3.8, 4) is 11.1 Å². The summed E-state index contributed by atoms with van der Waals surface area (Å²) in [6, 6.07) is 29.0. The van der Waals surface area contributed by atoms with Crippen molar-refractivity contribution in [1.82, 2.24) is 0 Å². The molecule has 0 aromatic heterocycles. The van der Waals surface area contributed by atoms with Gasteiger partial charge in [0.15, 0.2) is 0 Å². The number of benzene rings is 3. The highest BCUT2D eigenvalue weighted by Crippen LogP contribution is 2.24. The fourth-order valence-corrected chi connectivity index (χ4v) is 3.53. The Balaban J connectivity index is 1.62. The number of unbranched alkanes of at least 4 members (excludes halogenated alkanes) is 2. The third kappa shape index (κ3) is 5.08. The van der Waals surface area contributed by atoms with Crippen LogP contribution in [0.25, 0.3) is 11.1 Å². The molecule has 0 nitrogen and oxygen atoms in total. The molecule has 0 aliphatic rings. The predicted molar refractivity (Wildman–Crippen MR) is 114 cm³/mol. The summed E-state index contributed by atoms with van der Waals surface area (Å²) in [7, 11) is 0. The second-order valence-electron chi connectivity index (χ2n) is 7.37. The zero-order valence-corrected chi connectivity index (χ0v) is 16.1. The van der Waals surface area contributed by atoms with Gasteiger partial charge >= 0.3 is 0 Å². The second-order valence-corrected chi connectivity index (χ2v) is 7.37. The molecule has 1 unspecified atom stereocenters. The maximum Gasteiger partial charge on any atom is -0.0150 e. The molecular weight excluding hydrogens is 312 g/mol. The van der Waals surface area contributed by atoms with Crippen LogP contribution < -0.4 is 0 Å². The quantitative estimate of drug-likeness (QED) is 0.373. The summed E-state index contributed by atoms with van der Waals surface area (Å²) in [5.74, 6) is 0.546. The summed E-state index contributed by atoms with van der Waals surface area (Å²) in [5.41, 5.74) is 6.89. The highest BCUT2D eigenvalue weighted by molar-refractivity contribution is 5.64. The van der Waals surface area contributed by atoms with Crippen LogP contribution in [0.1, 0.15) is 55.7 Å². The monoisotopic (exact) mass is 342 g/mol. The zero-order valence-electron chi connectivity index (χ0n) is 16.1. The molecule has 0 aliphatic heterocycles. The molecule has 26 heavy (non-hydrogen) atoms. The van der Waals surface area contributed by atoms with Crippen molar-refractivity contribution in [2.45, 2.75) is 51.9 Å². The van der Waals surface area contributed by atoms with Crippen LogP contribution in [0.4, 0.5) is 0 Å². The van der Waals surface area contributed by atoms with Crippen LogP contribution in [0.15, 0.2) is 78.9 Å². The first-order chi connectivity index (χ1) is 12.8. The van der Waals surface area contributed by atoms with Crippen LogP contribution >= 0.6 is 0 Å². The molecule has 3 aromatic rings. The fraction of sp³-hybridized carbons (Fsp3) is 0.308. The third-order valence-corrected chi connectivity index (χ3v) is 5.22. The van der Waals surface area contributed by atoms with E-state index in [2.05, 4.69) is 92.7 Å². The van der Waals surface area contributed by atoms with E-state index in [4.69, 9.17) is 0 Å². The SMILES string of the molecule is CCCCCc1ccc(-c2ccc(CC(C)c3ccccc3)cc2)cc1. The Hall–Kier alpha value is -2.34. The van der Waals surface area contributed by atoms with Gasteiger partial charge in [0, 0.05) is 0 Å². The molecule has 0 fully saturated rings. The van der Waals surface area contributed by atoms with Crippen molar-refractivity contribution >= 4 is 0 Å². The Morgan fingerprint density at radius 3 is 1.81 bits per heavy atom. The lowest BCUT2D eigenvalue weighted by Crippen LogP contribution is -1.98. The van der Waals surface area contributed by atoms with Crippen LogP contribution in [0.3, 0.4) is 0 Å². The lowest BCUT2D eigenvalue weighted by molar-refractivity contribution is 0.717. The molecule has 0 saturated heterocycles. The first-order valence-electron chi connectivity index (χ1n) is 9.99. The fourth-order valence-electron chi connectivity index (χ4n) is 3.53. The summed E-state index contributed by atoms with van der Waals surface area (Å²) < 4.78 is 0. The van der Waals surface area contributed by atoms with E-state index in [0.29, 0.717) is 5.92 Å². The third-order valence-electron chi connectivity index (χ3n) is 5.22. The Kier molecular flexibility index (Phi) is 6.66. The molecule has 0 saturated carbocycles. The molecule has 1 atom stereocenters. The van der Waals surface area contributed by atoms with Crippen molar-refractivity contribution in [3.63, 3.8) is 0 Å². The van der Waals surface area contributed by atoms with Crippen LogP contribution in [-0.2, 0) is 12.8 Å². The van der Waals surface area contributed by atoms with Gasteiger partial charge in [0.2, 0.25) is 0 Å². The number of hydrogen-bond acceptors (Lipinski definition) is 0. The van der Waals surface area contributed by atoms with Crippen molar-refractivity contribution in [1.29, 1.82) is 0 Å². The average molecular weight is 343 g/mol. The van der Waals surface area contributed by atoms with E-state index in [1.54, 1.807) is 0 Å². The van der Waals surface area contributed by atoms with Crippen molar-refractivity contribution in [2.24, 2.45) is 0 Å². The van der Waals surface area contributed by atoms with Gasteiger partial charge in [0.1, 0.15) is 0 Å². The maximum atomic E-state index is 2.31. The van der Waals surface area contributed by atoms with Crippen molar-refractivity contribution < 1.29 is 0 Å². The first-order valence-corrected chi connectivity index (χ1v) is 9.99. The number of aryl methyl sites for hydroxylation is 1. The Morgan fingerprint density at radius 2 is 1.23 bits per heavy atom. The van der Waals surface area contributed by atoms with E-state index in [1.807, 2.05) is 0 Å². The van der Waals surface area contributed by atoms with Crippen LogP contribution in [-0.4, -0.2) is 0 Å². The van der Waals surface area contributed by atoms with Gasteiger partial charge in [-0.15, -0.1) is 0 Å². The van der Waals surface area contributed by atoms with Gasteiger partial charge in [-0.3, -0.25) is 0 Å². The highest BCUT2D eigenvalue weighted by Gasteiger charge is 2.06. The van der Waals surface area contributed by atoms with Crippen molar-refractivity contribution in [2.75, 3.05) is 0 Å². The van der Waals surface area contributed by atoms with Crippen molar-refractivity contribution in [3.05, 3.63) is 95.6 Å². The Labute approximate surface area is 158 Å².